The van der Waals surface area contributed by atoms with Gasteiger partial charge in [-0.2, -0.15) is 0 Å². The number of urea groups is 1. The highest BCUT2D eigenvalue weighted by atomic mass is 35.5. The van der Waals surface area contributed by atoms with Crippen LogP contribution in [0.3, 0.4) is 0 Å². The zero-order valence-corrected chi connectivity index (χ0v) is 21.5. The second kappa shape index (κ2) is 11.5. The van der Waals surface area contributed by atoms with Crippen LogP contribution in [0.1, 0.15) is 36.4 Å². The van der Waals surface area contributed by atoms with Gasteiger partial charge in [-0.15, -0.1) is 0 Å². The molecule has 4 N–H and O–H groups in total. The zero-order valence-electron chi connectivity index (χ0n) is 20.7. The third-order valence-corrected chi connectivity index (χ3v) is 7.21. The number of aliphatic hydroxyl groups is 1. The Balaban J connectivity index is 1.32. The standard InChI is InChI=1S/C29H30ClFN4O3/c30-21-9-11-22(12-10-21)33-29(38)35-17-23(36)15-26(35)28(37)34-25-14-20(8-13-24(25)31)27(32-16-18-6-7-18)19-4-2-1-3-5-19/h1-5,8-14,18,23,26-27,32,36H,6-7,15-17H2,(H,33,38)(H,34,37)/t23-,26-,27?/m1/s1. The largest absolute Gasteiger partial charge is 0.391 e. The number of aliphatic hydroxyl groups excluding tert-OH is 1. The van der Waals surface area contributed by atoms with Gasteiger partial charge in [0.2, 0.25) is 5.91 Å². The van der Waals surface area contributed by atoms with E-state index in [1.807, 2.05) is 30.3 Å². The van der Waals surface area contributed by atoms with Crippen molar-refractivity contribution in [2.24, 2.45) is 5.92 Å². The van der Waals surface area contributed by atoms with E-state index in [0.29, 0.717) is 16.6 Å². The van der Waals surface area contributed by atoms with E-state index in [2.05, 4.69) is 16.0 Å². The quantitative estimate of drug-likeness (QED) is 0.319. The van der Waals surface area contributed by atoms with Crippen molar-refractivity contribution in [1.29, 1.82) is 0 Å². The summed E-state index contributed by atoms with van der Waals surface area (Å²) in [5, 5.41) is 19.7. The molecule has 0 bridgehead atoms. The molecule has 9 heteroatoms. The van der Waals surface area contributed by atoms with Gasteiger partial charge in [-0.3, -0.25) is 4.79 Å². The monoisotopic (exact) mass is 536 g/mol. The lowest BCUT2D eigenvalue weighted by atomic mass is 9.97. The van der Waals surface area contributed by atoms with Crippen LogP contribution in [-0.4, -0.2) is 47.2 Å². The highest BCUT2D eigenvalue weighted by Gasteiger charge is 2.39. The molecule has 3 atom stereocenters. The predicted molar refractivity (Wildman–Crippen MR) is 146 cm³/mol. The van der Waals surface area contributed by atoms with Crippen LogP contribution >= 0.6 is 11.6 Å². The molecule has 38 heavy (non-hydrogen) atoms. The fraction of sp³-hybridized carbons (Fsp3) is 0.310. The molecular formula is C29H30ClFN4O3. The lowest BCUT2D eigenvalue weighted by Gasteiger charge is -2.25. The molecule has 0 radical (unpaired) electrons. The smallest absolute Gasteiger partial charge is 0.322 e. The van der Waals surface area contributed by atoms with Gasteiger partial charge in [-0.25, -0.2) is 9.18 Å². The van der Waals surface area contributed by atoms with E-state index in [0.717, 1.165) is 17.7 Å². The molecule has 0 aromatic heterocycles. The van der Waals surface area contributed by atoms with Crippen molar-refractivity contribution in [3.05, 3.63) is 94.8 Å². The highest BCUT2D eigenvalue weighted by molar-refractivity contribution is 6.30. The van der Waals surface area contributed by atoms with Gasteiger partial charge >= 0.3 is 6.03 Å². The van der Waals surface area contributed by atoms with Gasteiger partial charge in [-0.05, 0) is 72.8 Å². The Labute approximate surface area is 226 Å². The van der Waals surface area contributed by atoms with Crippen molar-refractivity contribution in [2.75, 3.05) is 23.7 Å². The molecular weight excluding hydrogens is 507 g/mol. The maximum absolute atomic E-state index is 14.9. The van der Waals surface area contributed by atoms with Crippen molar-refractivity contribution >= 4 is 34.9 Å². The van der Waals surface area contributed by atoms with Crippen LogP contribution in [-0.2, 0) is 4.79 Å². The molecule has 198 valence electrons. The fourth-order valence-corrected chi connectivity index (χ4v) is 4.86. The van der Waals surface area contributed by atoms with E-state index >= 15 is 0 Å². The van der Waals surface area contributed by atoms with Gasteiger partial charge in [0, 0.05) is 23.7 Å². The van der Waals surface area contributed by atoms with Crippen LogP contribution in [0, 0.1) is 11.7 Å². The summed E-state index contributed by atoms with van der Waals surface area (Å²) >= 11 is 5.90. The van der Waals surface area contributed by atoms with Crippen molar-refractivity contribution in [3.8, 4) is 0 Å². The highest BCUT2D eigenvalue weighted by Crippen LogP contribution is 2.31. The summed E-state index contributed by atoms with van der Waals surface area (Å²) in [6.45, 7) is 0.845. The van der Waals surface area contributed by atoms with E-state index in [-0.39, 0.29) is 24.7 Å². The van der Waals surface area contributed by atoms with Crippen LogP contribution < -0.4 is 16.0 Å². The second-order valence-corrected chi connectivity index (χ2v) is 10.4. The molecule has 0 spiro atoms. The number of rotatable bonds is 8. The first-order chi connectivity index (χ1) is 18.4. The minimum atomic E-state index is -0.960. The number of amides is 3. The summed E-state index contributed by atoms with van der Waals surface area (Å²) in [6.07, 6.45) is 1.59. The van der Waals surface area contributed by atoms with Gasteiger partial charge in [0.1, 0.15) is 11.9 Å². The Bertz CT molecular complexity index is 1290. The normalized spacial score (nSPS) is 19.7. The van der Waals surface area contributed by atoms with Crippen molar-refractivity contribution in [1.82, 2.24) is 10.2 Å². The molecule has 3 amide bonds. The second-order valence-electron chi connectivity index (χ2n) is 9.92. The van der Waals surface area contributed by atoms with E-state index in [4.69, 9.17) is 11.6 Å². The number of likely N-dealkylation sites (tertiary alicyclic amines) is 1. The summed E-state index contributed by atoms with van der Waals surface area (Å²) in [5.74, 6) is -0.488. The zero-order chi connectivity index (χ0) is 26.6. The third kappa shape index (κ3) is 6.32. The minimum Gasteiger partial charge on any atom is -0.391 e. The van der Waals surface area contributed by atoms with Crippen LogP contribution in [0.5, 0.6) is 0 Å². The van der Waals surface area contributed by atoms with Crippen LogP contribution in [0.15, 0.2) is 72.8 Å². The van der Waals surface area contributed by atoms with Crippen LogP contribution in [0.2, 0.25) is 5.02 Å². The number of nitrogens with zero attached hydrogens (tertiary/aromatic N) is 1. The number of nitrogens with one attached hydrogen (secondary N) is 3. The number of hydrogen-bond acceptors (Lipinski definition) is 4. The third-order valence-electron chi connectivity index (χ3n) is 6.96. The molecule has 3 aromatic rings. The number of halogens is 2. The molecule has 1 saturated heterocycles. The fourth-order valence-electron chi connectivity index (χ4n) is 4.73. The number of β-amino-alcohol motifs (C(OH)–C–C–N with tert-alkyl or cyclic N) is 1. The van der Waals surface area contributed by atoms with Crippen LogP contribution in [0.4, 0.5) is 20.6 Å². The Morgan fingerprint density at radius 2 is 1.74 bits per heavy atom. The van der Waals surface area contributed by atoms with E-state index in [1.165, 1.54) is 23.8 Å². The van der Waals surface area contributed by atoms with E-state index in [1.54, 1.807) is 36.4 Å². The number of anilines is 2. The first kappa shape index (κ1) is 26.2. The Kier molecular flexibility index (Phi) is 7.93. The molecule has 2 fully saturated rings. The predicted octanol–water partition coefficient (Wildman–Crippen LogP) is 5.17. The number of benzene rings is 3. The average molecular weight is 537 g/mol. The van der Waals surface area contributed by atoms with Crippen LogP contribution in [0.25, 0.3) is 0 Å². The van der Waals surface area contributed by atoms with Gasteiger partial charge in [0.15, 0.2) is 0 Å². The summed E-state index contributed by atoms with van der Waals surface area (Å²) < 4.78 is 14.9. The first-order valence-electron chi connectivity index (χ1n) is 12.8. The molecule has 1 aliphatic carbocycles. The summed E-state index contributed by atoms with van der Waals surface area (Å²) in [7, 11) is 0. The average Bonchev–Trinajstić information content (AvgIpc) is 3.66. The van der Waals surface area contributed by atoms with Crippen molar-refractivity contribution < 1.29 is 19.1 Å². The van der Waals surface area contributed by atoms with Gasteiger partial charge in [0.25, 0.3) is 0 Å². The molecule has 2 aliphatic rings. The maximum Gasteiger partial charge on any atom is 0.322 e. The lowest BCUT2D eigenvalue weighted by Crippen LogP contribution is -2.45. The van der Waals surface area contributed by atoms with Crippen molar-refractivity contribution in [2.45, 2.75) is 37.5 Å². The topological polar surface area (TPSA) is 93.7 Å². The molecule has 7 nitrogen and oxygen atoms in total. The Morgan fingerprint density at radius 3 is 2.45 bits per heavy atom. The number of hydrogen-bond donors (Lipinski definition) is 4. The van der Waals surface area contributed by atoms with Gasteiger partial charge < -0.3 is 26.0 Å². The molecule has 1 aliphatic heterocycles. The lowest BCUT2D eigenvalue weighted by molar-refractivity contribution is -0.119. The van der Waals surface area contributed by atoms with E-state index in [9.17, 15) is 19.1 Å². The minimum absolute atomic E-state index is 0.0127. The molecule has 1 saturated carbocycles. The number of carbonyl (C=O) groups is 2. The number of carbonyl (C=O) groups excluding carboxylic acids is 2. The first-order valence-corrected chi connectivity index (χ1v) is 13.1. The molecule has 3 aromatic carbocycles. The maximum atomic E-state index is 14.9. The summed E-state index contributed by atoms with van der Waals surface area (Å²) in [6, 6.07) is 19.5. The summed E-state index contributed by atoms with van der Waals surface area (Å²) in [4.78, 5) is 27.4. The summed E-state index contributed by atoms with van der Waals surface area (Å²) in [5.41, 5.74) is 2.39. The van der Waals surface area contributed by atoms with Crippen molar-refractivity contribution in [3.63, 3.8) is 0 Å². The van der Waals surface area contributed by atoms with Gasteiger partial charge in [0.05, 0.1) is 17.8 Å². The molecule has 5 rings (SSSR count). The van der Waals surface area contributed by atoms with E-state index < -0.39 is 29.9 Å². The molecule has 1 heterocycles. The Hall–Kier alpha value is -3.46. The van der Waals surface area contributed by atoms with Gasteiger partial charge in [-0.1, -0.05) is 48.0 Å². The SMILES string of the molecule is O=C(Nc1cc(C(NCC2CC2)c2ccccc2)ccc1F)[C@H]1C[C@@H](O)CN1C(=O)Nc1ccc(Cl)cc1. The Morgan fingerprint density at radius 1 is 1.00 bits per heavy atom. The molecule has 1 unspecified atom stereocenters.